The molecule has 2 saturated heterocycles. The molecule has 2 aliphatic heterocycles. The van der Waals surface area contributed by atoms with E-state index in [0.29, 0.717) is 29.8 Å². The number of piperidine rings is 1. The van der Waals surface area contributed by atoms with E-state index in [1.807, 2.05) is 0 Å². The molecule has 5 nitrogen and oxygen atoms in total. The topological polar surface area (TPSA) is 34.2 Å². The van der Waals surface area contributed by atoms with Gasteiger partial charge in [-0.2, -0.15) is 0 Å². The molecular formula is C31H52N2O3. The van der Waals surface area contributed by atoms with Crippen LogP contribution in [-0.4, -0.2) is 66.6 Å². The highest BCUT2D eigenvalue weighted by Crippen LogP contribution is 2.34. The second-order valence-corrected chi connectivity index (χ2v) is 13.7. The minimum absolute atomic E-state index is 0.0556. The molecule has 0 N–H and O–H groups in total. The van der Waals surface area contributed by atoms with Gasteiger partial charge in [-0.1, -0.05) is 13.0 Å². The Morgan fingerprint density at radius 3 is 2.19 bits per heavy atom. The van der Waals surface area contributed by atoms with Crippen LogP contribution in [0.15, 0.2) is 24.3 Å². The molecule has 1 saturated carbocycles. The molecule has 204 valence electrons. The summed E-state index contributed by atoms with van der Waals surface area (Å²) in [6.07, 6.45) is 6.74. The van der Waals surface area contributed by atoms with E-state index in [4.69, 9.17) is 14.2 Å². The maximum absolute atomic E-state index is 6.39. The molecule has 0 aromatic heterocycles. The molecule has 4 rings (SSSR count). The maximum atomic E-state index is 6.39. The van der Waals surface area contributed by atoms with E-state index in [1.165, 1.54) is 18.8 Å². The molecule has 2 atom stereocenters. The standard InChI is InChI=1S/C31H52N2O3/c1-22(24-20-33(21-24)30(3,4)5)16-23(2)34-27-11-9-10-25(17-27)32-14-12-26(13-15-32)35-28-18-29(19-28)36-31(6,7)8/h9-11,17,22-24,26,28-29H,12-16,18-21H2,1-8H3. The quantitative estimate of drug-likeness (QED) is 0.384. The predicted octanol–water partition coefficient (Wildman–Crippen LogP) is 6.54. The fraction of sp³-hybridized carbons (Fsp3) is 0.806. The van der Waals surface area contributed by atoms with Crippen molar-refractivity contribution in [2.24, 2.45) is 11.8 Å². The second kappa shape index (κ2) is 11.2. The first-order valence-electron chi connectivity index (χ1n) is 14.5. The molecule has 0 spiro atoms. The fourth-order valence-electron chi connectivity index (χ4n) is 5.92. The number of anilines is 1. The monoisotopic (exact) mass is 500 g/mol. The number of hydrogen-bond donors (Lipinski definition) is 0. The molecule has 0 radical (unpaired) electrons. The minimum atomic E-state index is -0.0556. The van der Waals surface area contributed by atoms with E-state index < -0.39 is 0 Å². The van der Waals surface area contributed by atoms with Crippen molar-refractivity contribution in [2.75, 3.05) is 31.1 Å². The van der Waals surface area contributed by atoms with Crippen LogP contribution < -0.4 is 9.64 Å². The molecule has 3 aliphatic rings. The number of rotatable bonds is 9. The zero-order valence-electron chi connectivity index (χ0n) is 24.3. The number of ether oxygens (including phenoxy) is 3. The van der Waals surface area contributed by atoms with Crippen LogP contribution in [0.4, 0.5) is 5.69 Å². The van der Waals surface area contributed by atoms with Gasteiger partial charge in [0.2, 0.25) is 0 Å². The Labute approximate surface area is 220 Å². The van der Waals surface area contributed by atoms with Crippen LogP contribution >= 0.6 is 0 Å². The van der Waals surface area contributed by atoms with E-state index in [9.17, 15) is 0 Å². The van der Waals surface area contributed by atoms with Crippen molar-refractivity contribution in [2.45, 2.75) is 123 Å². The van der Waals surface area contributed by atoms with Gasteiger partial charge in [-0.05, 0) is 105 Å². The largest absolute Gasteiger partial charge is 0.491 e. The molecule has 36 heavy (non-hydrogen) atoms. The van der Waals surface area contributed by atoms with Crippen molar-refractivity contribution in [1.82, 2.24) is 4.90 Å². The zero-order chi connectivity index (χ0) is 26.1. The van der Waals surface area contributed by atoms with Gasteiger partial charge in [0, 0.05) is 43.5 Å². The van der Waals surface area contributed by atoms with Gasteiger partial charge < -0.3 is 19.1 Å². The third-order valence-electron chi connectivity index (χ3n) is 8.29. The first kappa shape index (κ1) is 27.7. The molecule has 2 heterocycles. The summed E-state index contributed by atoms with van der Waals surface area (Å²) in [7, 11) is 0. The SMILES string of the molecule is CC(CC(C)C1CN(C(C)(C)C)C1)Oc1cccc(N2CCC(OC3CC(OC(C)(C)C)C3)CC2)c1. The molecule has 1 aromatic carbocycles. The van der Waals surface area contributed by atoms with Gasteiger partial charge in [-0.15, -0.1) is 0 Å². The van der Waals surface area contributed by atoms with Crippen molar-refractivity contribution < 1.29 is 14.2 Å². The van der Waals surface area contributed by atoms with E-state index in [-0.39, 0.29) is 11.7 Å². The van der Waals surface area contributed by atoms with Crippen molar-refractivity contribution in [3.05, 3.63) is 24.3 Å². The summed E-state index contributed by atoms with van der Waals surface area (Å²) in [6, 6.07) is 8.70. The third-order valence-corrected chi connectivity index (χ3v) is 8.29. The van der Waals surface area contributed by atoms with Crippen LogP contribution in [0.5, 0.6) is 5.75 Å². The molecule has 0 amide bonds. The van der Waals surface area contributed by atoms with Crippen LogP contribution in [0.3, 0.4) is 0 Å². The Bertz CT molecular complexity index is 825. The summed E-state index contributed by atoms with van der Waals surface area (Å²) in [5.41, 5.74) is 1.51. The molecule has 5 heteroatoms. The highest BCUT2D eigenvalue weighted by Gasteiger charge is 2.38. The molecule has 1 aromatic rings. The van der Waals surface area contributed by atoms with Crippen LogP contribution in [0.2, 0.25) is 0 Å². The van der Waals surface area contributed by atoms with Crippen LogP contribution in [0.25, 0.3) is 0 Å². The number of nitrogens with zero attached hydrogens (tertiary/aromatic N) is 2. The number of likely N-dealkylation sites (tertiary alicyclic amines) is 1. The van der Waals surface area contributed by atoms with Gasteiger partial charge in [0.1, 0.15) is 5.75 Å². The summed E-state index contributed by atoms with van der Waals surface area (Å²) in [5.74, 6) is 2.48. The first-order chi connectivity index (χ1) is 16.9. The maximum Gasteiger partial charge on any atom is 0.121 e. The summed E-state index contributed by atoms with van der Waals surface area (Å²) in [4.78, 5) is 5.07. The van der Waals surface area contributed by atoms with Gasteiger partial charge in [-0.3, -0.25) is 4.90 Å². The van der Waals surface area contributed by atoms with Crippen molar-refractivity contribution in [1.29, 1.82) is 0 Å². The number of benzene rings is 1. The van der Waals surface area contributed by atoms with E-state index in [0.717, 1.165) is 56.9 Å². The van der Waals surface area contributed by atoms with Gasteiger partial charge >= 0.3 is 0 Å². The summed E-state index contributed by atoms with van der Waals surface area (Å²) in [5, 5.41) is 0. The van der Waals surface area contributed by atoms with E-state index >= 15 is 0 Å². The number of hydrogen-bond acceptors (Lipinski definition) is 5. The van der Waals surface area contributed by atoms with E-state index in [1.54, 1.807) is 0 Å². The average molecular weight is 501 g/mol. The highest BCUT2D eigenvalue weighted by atomic mass is 16.5. The Kier molecular flexibility index (Phi) is 8.63. The van der Waals surface area contributed by atoms with Gasteiger partial charge in [0.25, 0.3) is 0 Å². The van der Waals surface area contributed by atoms with Crippen LogP contribution in [0.1, 0.15) is 87.5 Å². The summed E-state index contributed by atoms with van der Waals surface area (Å²) < 4.78 is 18.8. The lowest BCUT2D eigenvalue weighted by molar-refractivity contribution is -0.164. The fourth-order valence-corrected chi connectivity index (χ4v) is 5.92. The van der Waals surface area contributed by atoms with Crippen LogP contribution in [0, 0.1) is 11.8 Å². The lowest BCUT2D eigenvalue weighted by Crippen LogP contribution is -2.57. The van der Waals surface area contributed by atoms with Crippen molar-refractivity contribution in [3.63, 3.8) is 0 Å². The Morgan fingerprint density at radius 1 is 0.917 bits per heavy atom. The summed E-state index contributed by atoms with van der Waals surface area (Å²) >= 11 is 0. The lowest BCUT2D eigenvalue weighted by atomic mass is 9.81. The highest BCUT2D eigenvalue weighted by molar-refractivity contribution is 5.51. The minimum Gasteiger partial charge on any atom is -0.491 e. The predicted molar refractivity (Wildman–Crippen MR) is 149 cm³/mol. The lowest BCUT2D eigenvalue weighted by Gasteiger charge is -2.50. The van der Waals surface area contributed by atoms with Crippen molar-refractivity contribution >= 4 is 5.69 Å². The van der Waals surface area contributed by atoms with Crippen molar-refractivity contribution in [3.8, 4) is 5.75 Å². The Balaban J connectivity index is 1.17. The molecule has 3 fully saturated rings. The summed E-state index contributed by atoms with van der Waals surface area (Å²) in [6.45, 7) is 22.5. The average Bonchev–Trinajstić information content (AvgIpc) is 2.69. The molecule has 1 aliphatic carbocycles. The van der Waals surface area contributed by atoms with Crippen LogP contribution in [-0.2, 0) is 9.47 Å². The third kappa shape index (κ3) is 7.61. The Hall–Kier alpha value is -1.30. The Morgan fingerprint density at radius 2 is 1.58 bits per heavy atom. The van der Waals surface area contributed by atoms with Gasteiger partial charge in [0.15, 0.2) is 0 Å². The molecule has 0 bridgehead atoms. The zero-order valence-corrected chi connectivity index (χ0v) is 24.3. The smallest absolute Gasteiger partial charge is 0.121 e. The van der Waals surface area contributed by atoms with E-state index in [2.05, 4.69) is 89.5 Å². The molecule has 2 unspecified atom stereocenters. The van der Waals surface area contributed by atoms with Gasteiger partial charge in [-0.25, -0.2) is 0 Å². The first-order valence-corrected chi connectivity index (χ1v) is 14.5. The molecular weight excluding hydrogens is 448 g/mol. The second-order valence-electron chi connectivity index (χ2n) is 13.7. The van der Waals surface area contributed by atoms with Gasteiger partial charge in [0.05, 0.1) is 30.0 Å². The normalized spacial score (nSPS) is 26.3.